The van der Waals surface area contributed by atoms with E-state index in [1.54, 1.807) is 17.0 Å². The quantitative estimate of drug-likeness (QED) is 0.822. The van der Waals surface area contributed by atoms with Crippen molar-refractivity contribution in [2.24, 2.45) is 0 Å². The summed E-state index contributed by atoms with van der Waals surface area (Å²) in [6.07, 6.45) is 0. The molecule has 2 N–H and O–H groups in total. The number of carbonyl (C=O) groups is 1. The van der Waals surface area contributed by atoms with Crippen molar-refractivity contribution < 1.29 is 13.7 Å². The van der Waals surface area contributed by atoms with E-state index in [1.165, 1.54) is 0 Å². The predicted octanol–water partition coefficient (Wildman–Crippen LogP) is 0.544. The van der Waals surface area contributed by atoms with Gasteiger partial charge in [0.15, 0.2) is 0 Å². The minimum absolute atomic E-state index is 0.0202. The standard InChI is InChI=1S/C13H18N2O3S/c1-10-3-2-4-11(13(10)14)19(17)9-12(16)15-5-7-18-8-6-15/h2-4H,5-9,14H2,1H3. The largest absolute Gasteiger partial charge is 0.398 e. The van der Waals surface area contributed by atoms with E-state index in [2.05, 4.69) is 0 Å². The van der Waals surface area contributed by atoms with Gasteiger partial charge in [0.05, 0.1) is 34.6 Å². The number of hydrogen-bond donors (Lipinski definition) is 1. The van der Waals surface area contributed by atoms with Gasteiger partial charge in [0.25, 0.3) is 0 Å². The highest BCUT2D eigenvalue weighted by Crippen LogP contribution is 2.20. The summed E-state index contributed by atoms with van der Waals surface area (Å²) in [7, 11) is -1.39. The molecule has 1 aromatic carbocycles. The van der Waals surface area contributed by atoms with Crippen LogP contribution in [0.2, 0.25) is 0 Å². The van der Waals surface area contributed by atoms with Gasteiger partial charge < -0.3 is 15.4 Å². The Bertz CT molecular complexity index is 499. The van der Waals surface area contributed by atoms with Crippen LogP contribution in [0.1, 0.15) is 5.56 Å². The fourth-order valence-corrected chi connectivity index (χ4v) is 3.15. The Morgan fingerprint density at radius 2 is 2.11 bits per heavy atom. The maximum absolute atomic E-state index is 12.2. The molecule has 19 heavy (non-hydrogen) atoms. The third-order valence-corrected chi connectivity index (χ3v) is 4.50. The molecule has 104 valence electrons. The average molecular weight is 282 g/mol. The van der Waals surface area contributed by atoms with Crippen LogP contribution in [0.3, 0.4) is 0 Å². The molecule has 2 rings (SSSR count). The normalized spacial score (nSPS) is 17.2. The van der Waals surface area contributed by atoms with E-state index in [9.17, 15) is 9.00 Å². The summed E-state index contributed by atoms with van der Waals surface area (Å²) in [4.78, 5) is 14.2. The molecule has 0 bridgehead atoms. The van der Waals surface area contributed by atoms with Crippen molar-refractivity contribution in [3.63, 3.8) is 0 Å². The molecule has 5 nitrogen and oxygen atoms in total. The van der Waals surface area contributed by atoms with E-state index in [-0.39, 0.29) is 11.7 Å². The van der Waals surface area contributed by atoms with Crippen LogP contribution in [0.4, 0.5) is 5.69 Å². The summed E-state index contributed by atoms with van der Waals surface area (Å²) in [5.41, 5.74) is 7.29. The van der Waals surface area contributed by atoms with Crippen molar-refractivity contribution in [2.45, 2.75) is 11.8 Å². The molecular formula is C13H18N2O3S. The molecule has 1 aliphatic heterocycles. The summed E-state index contributed by atoms with van der Waals surface area (Å²) < 4.78 is 17.4. The molecule has 1 fully saturated rings. The topological polar surface area (TPSA) is 72.6 Å². The maximum atomic E-state index is 12.2. The molecule has 1 atom stereocenters. The van der Waals surface area contributed by atoms with E-state index in [4.69, 9.17) is 10.5 Å². The van der Waals surface area contributed by atoms with Gasteiger partial charge in [0, 0.05) is 13.1 Å². The van der Waals surface area contributed by atoms with E-state index >= 15 is 0 Å². The minimum atomic E-state index is -1.39. The fourth-order valence-electron chi connectivity index (χ4n) is 1.95. The number of anilines is 1. The monoisotopic (exact) mass is 282 g/mol. The van der Waals surface area contributed by atoms with Gasteiger partial charge in [-0.3, -0.25) is 9.00 Å². The molecule has 0 saturated carbocycles. The summed E-state index contributed by atoms with van der Waals surface area (Å²) in [6, 6.07) is 5.38. The van der Waals surface area contributed by atoms with Gasteiger partial charge in [-0.15, -0.1) is 0 Å². The lowest BCUT2D eigenvalue weighted by atomic mass is 10.2. The second kappa shape index (κ2) is 6.16. The molecular weight excluding hydrogens is 264 g/mol. The number of nitrogen functional groups attached to an aromatic ring is 1. The second-order valence-electron chi connectivity index (χ2n) is 4.47. The molecule has 6 heteroatoms. The summed E-state index contributed by atoms with van der Waals surface area (Å²) in [6.45, 7) is 4.09. The lowest BCUT2D eigenvalue weighted by molar-refractivity contribution is -0.132. The number of morpholine rings is 1. The molecule has 1 aliphatic rings. The number of ether oxygens (including phenoxy) is 1. The maximum Gasteiger partial charge on any atom is 0.235 e. The van der Waals surface area contributed by atoms with Gasteiger partial charge in [0.1, 0.15) is 5.75 Å². The van der Waals surface area contributed by atoms with Crippen LogP contribution >= 0.6 is 0 Å². The number of rotatable bonds is 3. The Kier molecular flexibility index (Phi) is 4.55. The number of carbonyl (C=O) groups excluding carboxylic acids is 1. The van der Waals surface area contributed by atoms with Gasteiger partial charge in [-0.05, 0) is 18.6 Å². The van der Waals surface area contributed by atoms with Crippen LogP contribution in [0, 0.1) is 6.92 Å². The number of para-hydroxylation sites is 1. The van der Waals surface area contributed by atoms with Gasteiger partial charge in [-0.25, -0.2) is 0 Å². The first-order valence-corrected chi connectivity index (χ1v) is 7.50. The molecule has 0 radical (unpaired) electrons. The van der Waals surface area contributed by atoms with Gasteiger partial charge in [0.2, 0.25) is 5.91 Å². The summed E-state index contributed by atoms with van der Waals surface area (Å²) in [5, 5.41) is 0. The van der Waals surface area contributed by atoms with E-state index in [0.29, 0.717) is 36.9 Å². The third-order valence-electron chi connectivity index (χ3n) is 3.15. The van der Waals surface area contributed by atoms with E-state index < -0.39 is 10.8 Å². The molecule has 0 aliphatic carbocycles. The van der Waals surface area contributed by atoms with Gasteiger partial charge >= 0.3 is 0 Å². The number of nitrogens with zero attached hydrogens (tertiary/aromatic N) is 1. The number of aryl methyl sites for hydroxylation is 1. The molecule has 0 aromatic heterocycles. The SMILES string of the molecule is Cc1cccc(S(=O)CC(=O)N2CCOCC2)c1N. The zero-order valence-corrected chi connectivity index (χ0v) is 11.7. The Labute approximate surface area is 115 Å². The van der Waals surface area contributed by atoms with Crippen molar-refractivity contribution in [1.29, 1.82) is 0 Å². The van der Waals surface area contributed by atoms with E-state index in [0.717, 1.165) is 5.56 Å². The Morgan fingerprint density at radius 1 is 1.42 bits per heavy atom. The molecule has 1 heterocycles. The van der Waals surface area contributed by atoms with Gasteiger partial charge in [-0.1, -0.05) is 12.1 Å². The van der Waals surface area contributed by atoms with Crippen LogP contribution in [0.15, 0.2) is 23.1 Å². The molecule has 1 amide bonds. The van der Waals surface area contributed by atoms with Crippen molar-refractivity contribution in [1.82, 2.24) is 4.90 Å². The highest BCUT2D eigenvalue weighted by atomic mass is 32.2. The highest BCUT2D eigenvalue weighted by Gasteiger charge is 2.20. The number of amides is 1. The van der Waals surface area contributed by atoms with Crippen molar-refractivity contribution in [3.8, 4) is 0 Å². The second-order valence-corrected chi connectivity index (χ2v) is 5.89. The minimum Gasteiger partial charge on any atom is -0.398 e. The number of hydrogen-bond acceptors (Lipinski definition) is 4. The van der Waals surface area contributed by atoms with Crippen molar-refractivity contribution in [3.05, 3.63) is 23.8 Å². The van der Waals surface area contributed by atoms with Crippen LogP contribution in [0.5, 0.6) is 0 Å². The molecule has 1 aromatic rings. The molecule has 1 unspecified atom stereocenters. The zero-order valence-electron chi connectivity index (χ0n) is 10.9. The van der Waals surface area contributed by atoms with E-state index in [1.807, 2.05) is 13.0 Å². The first-order chi connectivity index (χ1) is 9.09. The average Bonchev–Trinajstić information content (AvgIpc) is 2.42. The summed E-state index contributed by atoms with van der Waals surface area (Å²) in [5.74, 6) is -0.129. The first-order valence-electron chi connectivity index (χ1n) is 6.18. The van der Waals surface area contributed by atoms with Crippen molar-refractivity contribution >= 4 is 22.4 Å². The lowest BCUT2D eigenvalue weighted by Crippen LogP contribution is -2.42. The lowest BCUT2D eigenvalue weighted by Gasteiger charge is -2.26. The van der Waals surface area contributed by atoms with Crippen LogP contribution < -0.4 is 5.73 Å². The van der Waals surface area contributed by atoms with Crippen LogP contribution in [0.25, 0.3) is 0 Å². The predicted molar refractivity (Wildman–Crippen MR) is 74.3 cm³/mol. The molecule has 0 spiro atoms. The zero-order chi connectivity index (χ0) is 13.8. The number of nitrogens with two attached hydrogens (primary N) is 1. The Hall–Kier alpha value is -1.40. The summed E-state index contributed by atoms with van der Waals surface area (Å²) >= 11 is 0. The first kappa shape index (κ1) is 14.0. The fraction of sp³-hybridized carbons (Fsp3) is 0.462. The van der Waals surface area contributed by atoms with Crippen LogP contribution in [-0.4, -0.2) is 47.1 Å². The third kappa shape index (κ3) is 3.33. The van der Waals surface area contributed by atoms with Crippen LogP contribution in [-0.2, 0) is 20.3 Å². The smallest absolute Gasteiger partial charge is 0.235 e. The van der Waals surface area contributed by atoms with Crippen molar-refractivity contribution in [2.75, 3.05) is 37.8 Å². The Balaban J connectivity index is 2.04. The number of benzene rings is 1. The van der Waals surface area contributed by atoms with Gasteiger partial charge in [-0.2, -0.15) is 0 Å². The Morgan fingerprint density at radius 3 is 2.79 bits per heavy atom. The highest BCUT2D eigenvalue weighted by molar-refractivity contribution is 7.86. The molecule has 1 saturated heterocycles.